The van der Waals surface area contributed by atoms with Gasteiger partial charge in [0.15, 0.2) is 0 Å². The Bertz CT molecular complexity index is 430. The summed E-state index contributed by atoms with van der Waals surface area (Å²) < 4.78 is 25.3. The van der Waals surface area contributed by atoms with Crippen LogP contribution in [0.15, 0.2) is 0 Å². The maximum atomic E-state index is 12.6. The predicted molar refractivity (Wildman–Crippen MR) is 78.2 cm³/mol. The molecular weight excluding hydrogens is 282 g/mol. The minimum Gasteiger partial charge on any atom is -0.395 e. The molecular formula is C12H22F2N6O. The highest BCUT2D eigenvalue weighted by Gasteiger charge is 2.18. The van der Waals surface area contributed by atoms with Crippen molar-refractivity contribution in [3.8, 4) is 0 Å². The summed E-state index contributed by atoms with van der Waals surface area (Å²) in [5.74, 6) is 0.858. The van der Waals surface area contributed by atoms with Gasteiger partial charge >= 0.3 is 0 Å². The zero-order chi connectivity index (χ0) is 15.8. The fraction of sp³-hybridized carbons (Fsp3) is 0.750. The topological polar surface area (TPSA) is 77.4 Å². The lowest BCUT2D eigenvalue weighted by molar-refractivity contribution is 0.152. The third kappa shape index (κ3) is 4.92. The van der Waals surface area contributed by atoms with E-state index in [2.05, 4.69) is 20.3 Å². The number of aliphatic hydroxyl groups excluding tert-OH is 1. The number of nitrogens with one attached hydrogen (secondary N) is 1. The van der Waals surface area contributed by atoms with Crippen molar-refractivity contribution in [1.29, 1.82) is 0 Å². The number of aromatic nitrogens is 3. The van der Waals surface area contributed by atoms with Crippen molar-refractivity contribution in [2.24, 2.45) is 0 Å². The van der Waals surface area contributed by atoms with E-state index >= 15 is 0 Å². The van der Waals surface area contributed by atoms with Crippen LogP contribution >= 0.6 is 0 Å². The van der Waals surface area contributed by atoms with Gasteiger partial charge < -0.3 is 20.2 Å². The van der Waals surface area contributed by atoms with Gasteiger partial charge in [0.1, 0.15) is 0 Å². The molecule has 0 fully saturated rings. The minimum absolute atomic E-state index is 0.0369. The number of hydrogen-bond donors (Lipinski definition) is 2. The van der Waals surface area contributed by atoms with Crippen molar-refractivity contribution in [3.05, 3.63) is 0 Å². The van der Waals surface area contributed by atoms with Crippen LogP contribution in [0.3, 0.4) is 0 Å². The Hall–Kier alpha value is -1.77. The van der Waals surface area contributed by atoms with Crippen molar-refractivity contribution in [3.63, 3.8) is 0 Å². The van der Waals surface area contributed by atoms with Crippen LogP contribution in [0, 0.1) is 0 Å². The summed E-state index contributed by atoms with van der Waals surface area (Å²) in [5, 5.41) is 11.8. The second-order valence-corrected chi connectivity index (χ2v) is 4.24. The summed E-state index contributed by atoms with van der Waals surface area (Å²) in [6, 6.07) is 0. The van der Waals surface area contributed by atoms with E-state index in [-0.39, 0.29) is 19.1 Å². The van der Waals surface area contributed by atoms with Crippen LogP contribution < -0.4 is 15.1 Å². The Morgan fingerprint density at radius 2 is 1.67 bits per heavy atom. The first kappa shape index (κ1) is 17.3. The molecule has 0 saturated carbocycles. The van der Waals surface area contributed by atoms with Crippen LogP contribution in [0.25, 0.3) is 0 Å². The molecule has 7 nitrogen and oxygen atoms in total. The van der Waals surface area contributed by atoms with Crippen molar-refractivity contribution >= 4 is 17.8 Å². The van der Waals surface area contributed by atoms with Crippen LogP contribution in [-0.2, 0) is 0 Å². The standard InChI is InChI=1S/C12H22F2N6O/c1-4-19(5-2)11-16-10(15-3)17-12(18-11)20(6-7-21)8-9(13)14/h9,21H,4-8H2,1-3H3,(H,15,16,17,18). The van der Waals surface area contributed by atoms with Gasteiger partial charge in [0.2, 0.25) is 17.8 Å². The average molecular weight is 304 g/mol. The molecule has 0 aliphatic heterocycles. The fourth-order valence-electron chi connectivity index (χ4n) is 1.82. The zero-order valence-electron chi connectivity index (χ0n) is 12.6. The van der Waals surface area contributed by atoms with Crippen LogP contribution in [0.1, 0.15) is 13.8 Å². The predicted octanol–water partition coefficient (Wildman–Crippen LogP) is 0.823. The normalized spacial score (nSPS) is 10.8. The van der Waals surface area contributed by atoms with E-state index in [1.54, 1.807) is 7.05 Å². The van der Waals surface area contributed by atoms with Crippen molar-refractivity contribution in [2.45, 2.75) is 20.3 Å². The van der Waals surface area contributed by atoms with E-state index in [1.165, 1.54) is 4.90 Å². The summed E-state index contributed by atoms with van der Waals surface area (Å²) >= 11 is 0. The highest BCUT2D eigenvalue weighted by Crippen LogP contribution is 2.17. The number of halogens is 2. The molecule has 120 valence electrons. The summed E-state index contributed by atoms with van der Waals surface area (Å²) in [7, 11) is 1.65. The first-order valence-corrected chi connectivity index (χ1v) is 6.88. The molecule has 0 aliphatic rings. The molecule has 0 aromatic carbocycles. The molecule has 1 rings (SSSR count). The molecule has 0 aliphatic carbocycles. The monoisotopic (exact) mass is 304 g/mol. The number of anilines is 3. The molecule has 1 aromatic rings. The minimum atomic E-state index is -2.54. The molecule has 2 N–H and O–H groups in total. The second kappa shape index (κ2) is 8.50. The maximum Gasteiger partial charge on any atom is 0.255 e. The number of nitrogens with zero attached hydrogens (tertiary/aromatic N) is 5. The molecule has 0 unspecified atom stereocenters. The van der Waals surface area contributed by atoms with Crippen LogP contribution in [0.5, 0.6) is 0 Å². The van der Waals surface area contributed by atoms with E-state index in [4.69, 9.17) is 5.11 Å². The number of alkyl halides is 2. The molecule has 0 spiro atoms. The Balaban J connectivity index is 3.15. The molecule has 0 saturated heterocycles. The first-order chi connectivity index (χ1) is 10.0. The molecule has 0 bridgehead atoms. The smallest absolute Gasteiger partial charge is 0.255 e. The van der Waals surface area contributed by atoms with E-state index in [0.29, 0.717) is 25.0 Å². The third-order valence-electron chi connectivity index (χ3n) is 2.89. The van der Waals surface area contributed by atoms with Gasteiger partial charge in [0.05, 0.1) is 13.2 Å². The Labute approximate surface area is 123 Å². The van der Waals surface area contributed by atoms with Gasteiger partial charge in [-0.2, -0.15) is 15.0 Å². The van der Waals surface area contributed by atoms with Crippen molar-refractivity contribution in [2.75, 3.05) is 55.0 Å². The summed E-state index contributed by atoms with van der Waals surface area (Å²) in [6.45, 7) is 4.54. The van der Waals surface area contributed by atoms with E-state index in [0.717, 1.165) is 0 Å². The second-order valence-electron chi connectivity index (χ2n) is 4.24. The van der Waals surface area contributed by atoms with Gasteiger partial charge in [-0.25, -0.2) is 8.78 Å². The number of rotatable bonds is 9. The van der Waals surface area contributed by atoms with Gasteiger partial charge in [0.25, 0.3) is 6.43 Å². The molecule has 1 aromatic heterocycles. The maximum absolute atomic E-state index is 12.6. The lowest BCUT2D eigenvalue weighted by Gasteiger charge is -2.24. The molecule has 1 heterocycles. The SMILES string of the molecule is CCN(CC)c1nc(NC)nc(N(CCO)CC(F)F)n1. The molecule has 0 amide bonds. The van der Waals surface area contributed by atoms with Gasteiger partial charge in [-0.3, -0.25) is 0 Å². The summed E-state index contributed by atoms with van der Waals surface area (Å²) in [4.78, 5) is 15.7. The Morgan fingerprint density at radius 1 is 1.10 bits per heavy atom. The fourth-order valence-corrected chi connectivity index (χ4v) is 1.82. The number of aliphatic hydroxyl groups is 1. The lowest BCUT2D eigenvalue weighted by atomic mass is 10.5. The van der Waals surface area contributed by atoms with Crippen molar-refractivity contribution in [1.82, 2.24) is 15.0 Å². The van der Waals surface area contributed by atoms with Crippen LogP contribution in [-0.4, -0.2) is 66.3 Å². The zero-order valence-corrected chi connectivity index (χ0v) is 12.6. The Kier molecular flexibility index (Phi) is 7.00. The van der Waals surface area contributed by atoms with Crippen molar-refractivity contribution < 1.29 is 13.9 Å². The molecule has 0 radical (unpaired) electrons. The highest BCUT2D eigenvalue weighted by molar-refractivity contribution is 5.45. The first-order valence-electron chi connectivity index (χ1n) is 6.88. The van der Waals surface area contributed by atoms with Crippen LogP contribution in [0.2, 0.25) is 0 Å². The Morgan fingerprint density at radius 3 is 2.10 bits per heavy atom. The quantitative estimate of drug-likeness (QED) is 0.699. The lowest BCUT2D eigenvalue weighted by Crippen LogP contribution is -2.34. The van der Waals surface area contributed by atoms with Gasteiger partial charge in [0, 0.05) is 26.7 Å². The summed E-state index contributed by atoms with van der Waals surface area (Å²) in [6.07, 6.45) is -2.54. The van der Waals surface area contributed by atoms with E-state index < -0.39 is 13.0 Å². The molecule has 9 heteroatoms. The van der Waals surface area contributed by atoms with E-state index in [1.807, 2.05) is 18.7 Å². The van der Waals surface area contributed by atoms with Gasteiger partial charge in [-0.05, 0) is 13.8 Å². The highest BCUT2D eigenvalue weighted by atomic mass is 19.3. The van der Waals surface area contributed by atoms with Gasteiger partial charge in [-0.15, -0.1) is 0 Å². The largest absolute Gasteiger partial charge is 0.395 e. The summed E-state index contributed by atoms with van der Waals surface area (Å²) in [5.41, 5.74) is 0. The third-order valence-corrected chi connectivity index (χ3v) is 2.89. The van der Waals surface area contributed by atoms with Crippen LogP contribution in [0.4, 0.5) is 26.6 Å². The van der Waals surface area contributed by atoms with Gasteiger partial charge in [-0.1, -0.05) is 0 Å². The molecule has 21 heavy (non-hydrogen) atoms. The average Bonchev–Trinajstić information content (AvgIpc) is 2.47. The van der Waals surface area contributed by atoms with E-state index in [9.17, 15) is 8.78 Å². The number of hydrogen-bond acceptors (Lipinski definition) is 7. The molecule has 0 atom stereocenters.